The van der Waals surface area contributed by atoms with Gasteiger partial charge in [-0.1, -0.05) is 29.8 Å². The summed E-state index contributed by atoms with van der Waals surface area (Å²) in [6.07, 6.45) is 0. The molecule has 2 N–H and O–H groups in total. The van der Waals surface area contributed by atoms with Crippen molar-refractivity contribution in [3.63, 3.8) is 0 Å². The second-order valence-corrected chi connectivity index (χ2v) is 5.94. The molecule has 0 fully saturated rings. The Kier molecular flexibility index (Phi) is 3.91. The lowest BCUT2D eigenvalue weighted by Gasteiger charge is -2.05. The van der Waals surface area contributed by atoms with E-state index in [0.29, 0.717) is 0 Å². The van der Waals surface area contributed by atoms with Gasteiger partial charge in [0.15, 0.2) is 0 Å². The number of rotatable bonds is 5. The fraction of sp³-hybridized carbons (Fsp3) is 0.154. The van der Waals surface area contributed by atoms with Crippen molar-refractivity contribution in [2.24, 2.45) is 0 Å². The van der Waals surface area contributed by atoms with Gasteiger partial charge in [0, 0.05) is 6.54 Å². The average molecular weight is 295 g/mol. The van der Waals surface area contributed by atoms with Crippen LogP contribution in [0.4, 0.5) is 0 Å². The lowest BCUT2D eigenvalue weighted by molar-refractivity contribution is 0.0656. The molecule has 1 aromatic heterocycles. The number of aryl methyl sites for hydroxylation is 1. The topological polar surface area (TPSA) is 96.6 Å². The van der Waals surface area contributed by atoms with Crippen LogP contribution in [0.5, 0.6) is 0 Å². The number of carboxylic acid groups (broad SMARTS) is 1. The van der Waals surface area contributed by atoms with Crippen LogP contribution in [-0.2, 0) is 16.6 Å². The maximum absolute atomic E-state index is 11.9. The smallest absolute Gasteiger partial charge is 0.371 e. The molecule has 2 rings (SSSR count). The molecule has 1 heterocycles. The Morgan fingerprint density at radius 1 is 1.30 bits per heavy atom. The predicted octanol–water partition coefficient (Wildman–Crippen LogP) is 1.76. The van der Waals surface area contributed by atoms with Gasteiger partial charge in [-0.3, -0.25) is 0 Å². The highest BCUT2D eigenvalue weighted by Gasteiger charge is 2.20. The second-order valence-electron chi connectivity index (χ2n) is 4.24. The van der Waals surface area contributed by atoms with Crippen molar-refractivity contribution >= 4 is 16.0 Å². The third-order valence-corrected chi connectivity index (χ3v) is 3.88. The summed E-state index contributed by atoms with van der Waals surface area (Å²) in [4.78, 5) is 10.6. The number of nitrogens with one attached hydrogen (secondary N) is 1. The molecule has 0 atom stereocenters. The first-order chi connectivity index (χ1) is 9.38. The first-order valence-electron chi connectivity index (χ1n) is 5.77. The predicted molar refractivity (Wildman–Crippen MR) is 70.9 cm³/mol. The van der Waals surface area contributed by atoms with E-state index in [1.807, 2.05) is 25.1 Å². The van der Waals surface area contributed by atoms with Gasteiger partial charge in [0.05, 0.1) is 0 Å². The molecular weight excluding hydrogens is 282 g/mol. The van der Waals surface area contributed by atoms with E-state index in [9.17, 15) is 13.2 Å². The van der Waals surface area contributed by atoms with Crippen LogP contribution in [0.3, 0.4) is 0 Å². The van der Waals surface area contributed by atoms with E-state index >= 15 is 0 Å². The largest absolute Gasteiger partial charge is 0.475 e. The minimum absolute atomic E-state index is 0.104. The molecule has 7 heteroatoms. The Morgan fingerprint density at radius 2 is 2.05 bits per heavy atom. The quantitative estimate of drug-likeness (QED) is 0.876. The summed E-state index contributed by atoms with van der Waals surface area (Å²) in [5, 5.41) is 8.28. The Bertz CT molecular complexity index is 733. The van der Waals surface area contributed by atoms with E-state index in [4.69, 9.17) is 9.52 Å². The fourth-order valence-electron chi connectivity index (χ4n) is 1.65. The standard InChI is InChI=1S/C13H13NO5S/c1-9-3-2-4-10(7-9)8-14-20(17,18)12-6-5-11(19-12)13(15)16/h2-7,14H,8H2,1H3,(H,15,16). The SMILES string of the molecule is Cc1cccc(CNS(=O)(=O)c2ccc(C(=O)O)o2)c1. The number of hydrogen-bond acceptors (Lipinski definition) is 4. The Hall–Kier alpha value is -2.12. The molecule has 0 bridgehead atoms. The molecule has 0 aliphatic heterocycles. The van der Waals surface area contributed by atoms with E-state index in [1.54, 1.807) is 6.07 Å². The molecule has 0 radical (unpaired) electrons. The van der Waals surface area contributed by atoms with Gasteiger partial charge in [0.25, 0.3) is 10.0 Å². The molecule has 0 spiro atoms. The zero-order valence-electron chi connectivity index (χ0n) is 10.7. The third kappa shape index (κ3) is 3.25. The number of carboxylic acids is 1. The van der Waals surface area contributed by atoms with Crippen LogP contribution in [0.25, 0.3) is 0 Å². The van der Waals surface area contributed by atoms with Crippen LogP contribution in [0.1, 0.15) is 21.7 Å². The number of furan rings is 1. The normalized spacial score (nSPS) is 11.4. The zero-order valence-corrected chi connectivity index (χ0v) is 11.5. The molecule has 6 nitrogen and oxygen atoms in total. The van der Waals surface area contributed by atoms with Crippen LogP contribution >= 0.6 is 0 Å². The van der Waals surface area contributed by atoms with Crippen molar-refractivity contribution in [3.8, 4) is 0 Å². The second kappa shape index (κ2) is 5.48. The van der Waals surface area contributed by atoms with Gasteiger partial charge in [0.1, 0.15) is 0 Å². The third-order valence-electron chi connectivity index (χ3n) is 2.61. The Balaban J connectivity index is 2.12. The number of sulfonamides is 1. The summed E-state index contributed by atoms with van der Waals surface area (Å²) in [5.41, 5.74) is 1.83. The number of benzene rings is 1. The minimum Gasteiger partial charge on any atom is -0.475 e. The summed E-state index contributed by atoms with van der Waals surface area (Å²) in [6, 6.07) is 9.59. The Labute approximate surface area is 116 Å². The molecule has 20 heavy (non-hydrogen) atoms. The molecule has 0 aliphatic rings. The first-order valence-corrected chi connectivity index (χ1v) is 7.25. The summed E-state index contributed by atoms with van der Waals surface area (Å²) in [5.74, 6) is -1.73. The molecule has 106 valence electrons. The van der Waals surface area contributed by atoms with Gasteiger partial charge >= 0.3 is 5.97 Å². The van der Waals surface area contributed by atoms with E-state index in [-0.39, 0.29) is 6.54 Å². The van der Waals surface area contributed by atoms with Gasteiger partial charge in [0.2, 0.25) is 10.9 Å². The number of aromatic carboxylic acids is 1. The summed E-state index contributed by atoms with van der Waals surface area (Å²) in [7, 11) is -3.86. The minimum atomic E-state index is -3.86. The van der Waals surface area contributed by atoms with Crippen molar-refractivity contribution in [2.75, 3.05) is 0 Å². The maximum atomic E-state index is 11.9. The molecule has 0 unspecified atom stereocenters. The highest BCUT2D eigenvalue weighted by Crippen LogP contribution is 2.14. The van der Waals surface area contributed by atoms with Crippen molar-refractivity contribution in [3.05, 3.63) is 53.3 Å². The van der Waals surface area contributed by atoms with Gasteiger partial charge < -0.3 is 9.52 Å². The molecule has 0 saturated carbocycles. The van der Waals surface area contributed by atoms with Crippen molar-refractivity contribution in [1.29, 1.82) is 0 Å². The molecular formula is C13H13NO5S. The Morgan fingerprint density at radius 3 is 2.65 bits per heavy atom. The van der Waals surface area contributed by atoms with Crippen LogP contribution < -0.4 is 4.72 Å². The lowest BCUT2D eigenvalue weighted by Crippen LogP contribution is -2.22. The molecule has 0 amide bonds. The summed E-state index contributed by atoms with van der Waals surface area (Å²) < 4.78 is 31.0. The van der Waals surface area contributed by atoms with Gasteiger partial charge in [-0.15, -0.1) is 0 Å². The lowest BCUT2D eigenvalue weighted by atomic mass is 10.1. The molecule has 0 saturated heterocycles. The average Bonchev–Trinajstić information content (AvgIpc) is 2.87. The van der Waals surface area contributed by atoms with Crippen molar-refractivity contribution < 1.29 is 22.7 Å². The monoisotopic (exact) mass is 295 g/mol. The van der Waals surface area contributed by atoms with Crippen LogP contribution in [0, 0.1) is 6.92 Å². The zero-order chi connectivity index (χ0) is 14.8. The fourth-order valence-corrected chi connectivity index (χ4v) is 2.60. The first kappa shape index (κ1) is 14.3. The summed E-state index contributed by atoms with van der Waals surface area (Å²) in [6.45, 7) is 2.01. The molecule has 1 aromatic carbocycles. The van der Waals surface area contributed by atoms with Crippen molar-refractivity contribution in [1.82, 2.24) is 4.72 Å². The van der Waals surface area contributed by atoms with Gasteiger partial charge in [-0.25, -0.2) is 17.9 Å². The number of hydrogen-bond donors (Lipinski definition) is 2. The van der Waals surface area contributed by atoms with Crippen LogP contribution in [0.2, 0.25) is 0 Å². The number of carbonyl (C=O) groups is 1. The van der Waals surface area contributed by atoms with Crippen LogP contribution in [-0.4, -0.2) is 19.5 Å². The van der Waals surface area contributed by atoms with E-state index in [0.717, 1.165) is 23.3 Å². The van der Waals surface area contributed by atoms with E-state index in [2.05, 4.69) is 4.72 Å². The van der Waals surface area contributed by atoms with E-state index in [1.165, 1.54) is 0 Å². The van der Waals surface area contributed by atoms with Gasteiger partial charge in [-0.2, -0.15) is 0 Å². The molecule has 2 aromatic rings. The molecule has 0 aliphatic carbocycles. The van der Waals surface area contributed by atoms with Crippen molar-refractivity contribution in [2.45, 2.75) is 18.6 Å². The highest BCUT2D eigenvalue weighted by atomic mass is 32.2. The van der Waals surface area contributed by atoms with Crippen LogP contribution in [0.15, 0.2) is 45.9 Å². The summed E-state index contributed by atoms with van der Waals surface area (Å²) >= 11 is 0. The highest BCUT2D eigenvalue weighted by molar-refractivity contribution is 7.89. The van der Waals surface area contributed by atoms with E-state index < -0.39 is 26.8 Å². The van der Waals surface area contributed by atoms with Gasteiger partial charge in [-0.05, 0) is 24.6 Å². The maximum Gasteiger partial charge on any atom is 0.371 e.